The summed E-state index contributed by atoms with van der Waals surface area (Å²) in [6.45, 7) is 2.25. The molecular formula is C15H24O. The molecule has 0 aromatic rings. The zero-order valence-corrected chi connectivity index (χ0v) is 10.6. The monoisotopic (exact) mass is 220 g/mol. The maximum Gasteiger partial charge on any atom is 0.159 e. The molecule has 0 fully saturated rings. The van der Waals surface area contributed by atoms with Crippen molar-refractivity contribution in [2.45, 2.75) is 71.1 Å². The highest BCUT2D eigenvalue weighted by Crippen LogP contribution is 2.41. The number of unbranched alkanes of at least 4 members (excludes halogenated alkanes) is 3. The molecule has 2 aliphatic carbocycles. The summed E-state index contributed by atoms with van der Waals surface area (Å²) >= 11 is 0. The van der Waals surface area contributed by atoms with Crippen LogP contribution >= 0.6 is 0 Å². The first-order chi connectivity index (χ1) is 7.83. The largest absolute Gasteiger partial charge is 0.295 e. The molecule has 1 heteroatoms. The molecule has 0 bridgehead atoms. The summed E-state index contributed by atoms with van der Waals surface area (Å²) in [5.74, 6) is 1.12. The van der Waals surface area contributed by atoms with E-state index in [4.69, 9.17) is 0 Å². The summed E-state index contributed by atoms with van der Waals surface area (Å²) < 4.78 is 0. The predicted octanol–water partition coefficient (Wildman–Crippen LogP) is 4.42. The Hall–Kier alpha value is -0.590. The third-order valence-corrected chi connectivity index (χ3v) is 4.18. The van der Waals surface area contributed by atoms with E-state index in [1.807, 2.05) is 0 Å². The average molecular weight is 220 g/mol. The maximum atomic E-state index is 11.8. The molecule has 0 N–H and O–H groups in total. The number of allylic oxidation sites excluding steroid dienone is 2. The molecule has 0 aromatic carbocycles. The molecule has 0 amide bonds. The second-order valence-electron chi connectivity index (χ2n) is 5.38. The number of carbonyl (C=O) groups excluding carboxylic acids is 1. The van der Waals surface area contributed by atoms with E-state index in [0.29, 0.717) is 11.7 Å². The molecule has 0 spiro atoms. The second-order valence-corrected chi connectivity index (χ2v) is 5.38. The molecule has 90 valence electrons. The summed E-state index contributed by atoms with van der Waals surface area (Å²) in [7, 11) is 0. The molecule has 2 aliphatic rings. The fraction of sp³-hybridized carbons (Fsp3) is 0.800. The zero-order valence-electron chi connectivity index (χ0n) is 10.6. The van der Waals surface area contributed by atoms with Crippen molar-refractivity contribution in [2.75, 3.05) is 0 Å². The Labute approximate surface area is 99.3 Å². The van der Waals surface area contributed by atoms with Gasteiger partial charge in [-0.2, -0.15) is 0 Å². The Morgan fingerprint density at radius 3 is 2.75 bits per heavy atom. The number of ketones is 1. The Morgan fingerprint density at radius 1 is 1.12 bits per heavy atom. The van der Waals surface area contributed by atoms with Crippen LogP contribution < -0.4 is 0 Å². The molecule has 16 heavy (non-hydrogen) atoms. The van der Waals surface area contributed by atoms with E-state index in [1.54, 1.807) is 5.57 Å². The van der Waals surface area contributed by atoms with E-state index in [9.17, 15) is 4.79 Å². The highest BCUT2D eigenvalue weighted by atomic mass is 16.1. The SMILES string of the molecule is CCCCCCC1CC(=O)C2=C1CCCC2. The lowest BCUT2D eigenvalue weighted by molar-refractivity contribution is -0.115. The lowest BCUT2D eigenvalue weighted by atomic mass is 9.87. The molecule has 1 unspecified atom stereocenters. The predicted molar refractivity (Wildman–Crippen MR) is 67.4 cm³/mol. The van der Waals surface area contributed by atoms with E-state index in [1.165, 1.54) is 56.9 Å². The minimum Gasteiger partial charge on any atom is -0.295 e. The van der Waals surface area contributed by atoms with E-state index in [2.05, 4.69) is 6.92 Å². The lowest BCUT2D eigenvalue weighted by Gasteiger charge is -2.18. The fourth-order valence-electron chi connectivity index (χ4n) is 3.26. The average Bonchev–Trinajstić information content (AvgIpc) is 2.63. The van der Waals surface area contributed by atoms with E-state index < -0.39 is 0 Å². The molecular weight excluding hydrogens is 196 g/mol. The zero-order chi connectivity index (χ0) is 11.4. The maximum absolute atomic E-state index is 11.8. The van der Waals surface area contributed by atoms with Crippen molar-refractivity contribution in [1.29, 1.82) is 0 Å². The van der Waals surface area contributed by atoms with Crippen LogP contribution in [0.5, 0.6) is 0 Å². The van der Waals surface area contributed by atoms with Crippen LogP contribution in [0.15, 0.2) is 11.1 Å². The first-order valence-corrected chi connectivity index (χ1v) is 7.08. The number of hydrogen-bond donors (Lipinski definition) is 0. The number of carbonyl (C=O) groups is 1. The highest BCUT2D eigenvalue weighted by Gasteiger charge is 2.32. The molecule has 0 saturated carbocycles. The molecule has 1 atom stereocenters. The van der Waals surface area contributed by atoms with Crippen molar-refractivity contribution < 1.29 is 4.79 Å². The molecule has 0 radical (unpaired) electrons. The van der Waals surface area contributed by atoms with Crippen LogP contribution in [0, 0.1) is 5.92 Å². The van der Waals surface area contributed by atoms with Crippen molar-refractivity contribution in [3.63, 3.8) is 0 Å². The first-order valence-electron chi connectivity index (χ1n) is 7.08. The van der Waals surface area contributed by atoms with Gasteiger partial charge in [0.1, 0.15) is 0 Å². The summed E-state index contributed by atoms with van der Waals surface area (Å²) in [6, 6.07) is 0. The van der Waals surface area contributed by atoms with Crippen LogP contribution in [0.4, 0.5) is 0 Å². The smallest absolute Gasteiger partial charge is 0.159 e. The number of rotatable bonds is 5. The van der Waals surface area contributed by atoms with Gasteiger partial charge in [-0.05, 0) is 43.6 Å². The molecule has 0 heterocycles. The van der Waals surface area contributed by atoms with Crippen molar-refractivity contribution in [2.24, 2.45) is 5.92 Å². The quantitative estimate of drug-likeness (QED) is 0.627. The van der Waals surface area contributed by atoms with Crippen molar-refractivity contribution in [1.82, 2.24) is 0 Å². The van der Waals surface area contributed by atoms with Gasteiger partial charge in [0.25, 0.3) is 0 Å². The van der Waals surface area contributed by atoms with Gasteiger partial charge in [-0.15, -0.1) is 0 Å². The van der Waals surface area contributed by atoms with E-state index in [-0.39, 0.29) is 0 Å². The molecule has 0 saturated heterocycles. The second kappa shape index (κ2) is 5.65. The van der Waals surface area contributed by atoms with Crippen molar-refractivity contribution in [3.05, 3.63) is 11.1 Å². The van der Waals surface area contributed by atoms with Crippen LogP contribution in [0.2, 0.25) is 0 Å². The Balaban J connectivity index is 1.87. The molecule has 0 aromatic heterocycles. The highest BCUT2D eigenvalue weighted by molar-refractivity contribution is 5.99. The third-order valence-electron chi connectivity index (χ3n) is 4.18. The van der Waals surface area contributed by atoms with Crippen molar-refractivity contribution in [3.8, 4) is 0 Å². The van der Waals surface area contributed by atoms with Gasteiger partial charge in [0.05, 0.1) is 0 Å². The number of hydrogen-bond acceptors (Lipinski definition) is 1. The minimum absolute atomic E-state index is 0.482. The molecule has 0 aliphatic heterocycles. The Morgan fingerprint density at radius 2 is 1.94 bits per heavy atom. The normalized spacial score (nSPS) is 25.1. The van der Waals surface area contributed by atoms with Gasteiger partial charge in [-0.25, -0.2) is 0 Å². The van der Waals surface area contributed by atoms with Gasteiger partial charge in [0.15, 0.2) is 5.78 Å². The summed E-state index contributed by atoms with van der Waals surface area (Å²) in [5.41, 5.74) is 2.81. The standard InChI is InChI=1S/C15H24O/c1-2-3-4-5-8-12-11-15(16)14-10-7-6-9-13(12)14/h12H,2-11H2,1H3. The minimum atomic E-state index is 0.482. The number of Topliss-reactive ketones (excluding diaryl/α,β-unsaturated/α-hetero) is 1. The van der Waals surface area contributed by atoms with Crippen LogP contribution in [0.1, 0.15) is 71.1 Å². The summed E-state index contributed by atoms with van der Waals surface area (Å²) in [5, 5.41) is 0. The van der Waals surface area contributed by atoms with Gasteiger partial charge in [-0.3, -0.25) is 4.79 Å². The van der Waals surface area contributed by atoms with Crippen LogP contribution in [0.3, 0.4) is 0 Å². The molecule has 1 nitrogen and oxygen atoms in total. The summed E-state index contributed by atoms with van der Waals surface area (Å²) in [4.78, 5) is 11.8. The van der Waals surface area contributed by atoms with Crippen LogP contribution in [0.25, 0.3) is 0 Å². The Kier molecular flexibility index (Phi) is 4.20. The Bertz CT molecular complexity index is 288. The third kappa shape index (κ3) is 2.56. The van der Waals surface area contributed by atoms with Gasteiger partial charge in [0.2, 0.25) is 0 Å². The van der Waals surface area contributed by atoms with E-state index >= 15 is 0 Å². The van der Waals surface area contributed by atoms with Crippen molar-refractivity contribution >= 4 is 5.78 Å². The van der Waals surface area contributed by atoms with Gasteiger partial charge < -0.3 is 0 Å². The van der Waals surface area contributed by atoms with Gasteiger partial charge >= 0.3 is 0 Å². The van der Waals surface area contributed by atoms with Crippen LogP contribution in [-0.2, 0) is 4.79 Å². The van der Waals surface area contributed by atoms with E-state index in [0.717, 1.165) is 12.8 Å². The lowest BCUT2D eigenvalue weighted by Crippen LogP contribution is -2.03. The molecule has 2 rings (SSSR count). The topological polar surface area (TPSA) is 17.1 Å². The van der Waals surface area contributed by atoms with Gasteiger partial charge in [-0.1, -0.05) is 38.2 Å². The fourth-order valence-corrected chi connectivity index (χ4v) is 3.26. The first kappa shape index (κ1) is 11.9. The summed E-state index contributed by atoms with van der Waals surface area (Å²) in [6.07, 6.45) is 12.3. The van der Waals surface area contributed by atoms with Crippen LogP contribution in [-0.4, -0.2) is 5.78 Å². The van der Waals surface area contributed by atoms with Gasteiger partial charge in [0, 0.05) is 6.42 Å².